The van der Waals surface area contributed by atoms with Crippen LogP contribution in [0.15, 0.2) is 5.11 Å². The zero-order chi connectivity index (χ0) is 8.55. The van der Waals surface area contributed by atoms with Crippen molar-refractivity contribution in [3.8, 4) is 0 Å². The van der Waals surface area contributed by atoms with Crippen molar-refractivity contribution in [3.63, 3.8) is 0 Å². The Morgan fingerprint density at radius 2 is 2.08 bits per heavy atom. The molecule has 0 radical (unpaired) electrons. The van der Waals surface area contributed by atoms with Gasteiger partial charge in [0, 0.05) is 10.8 Å². The molecule has 0 aromatic heterocycles. The monoisotopic (exact) mass is 169 g/mol. The summed E-state index contributed by atoms with van der Waals surface area (Å²) in [5, 5.41) is 3.63. The number of nitrogens with zero attached hydrogens (tertiary/aromatic N) is 3. The summed E-state index contributed by atoms with van der Waals surface area (Å²) in [5.74, 6) is 0.425. The largest absolute Gasteiger partial charge is 0.375 e. The predicted octanol–water partition coefficient (Wildman–Crippen LogP) is 1.10. The van der Waals surface area contributed by atoms with E-state index in [-0.39, 0.29) is 18.2 Å². The lowest BCUT2D eigenvalue weighted by Gasteiger charge is -2.10. The van der Waals surface area contributed by atoms with Gasteiger partial charge < -0.3 is 9.47 Å². The zero-order valence-electron chi connectivity index (χ0n) is 6.88. The van der Waals surface area contributed by atoms with Crippen molar-refractivity contribution in [1.82, 2.24) is 0 Å². The van der Waals surface area contributed by atoms with E-state index in [4.69, 9.17) is 15.0 Å². The van der Waals surface area contributed by atoms with Crippen LogP contribution in [0.1, 0.15) is 6.92 Å². The molecule has 5 heteroatoms. The lowest BCUT2D eigenvalue weighted by atomic mass is 10.0. The molecular formula is C7H11N3O2. The summed E-state index contributed by atoms with van der Waals surface area (Å²) in [6.45, 7) is 3.31. The highest BCUT2D eigenvalue weighted by Gasteiger charge is 2.45. The number of azide groups is 1. The van der Waals surface area contributed by atoms with Gasteiger partial charge in [-0.05, 0) is 5.53 Å². The molecule has 12 heavy (non-hydrogen) atoms. The predicted molar refractivity (Wildman–Crippen MR) is 41.6 cm³/mol. The van der Waals surface area contributed by atoms with Gasteiger partial charge in [-0.1, -0.05) is 12.0 Å². The fourth-order valence-corrected chi connectivity index (χ4v) is 1.84. The second-order valence-electron chi connectivity index (χ2n) is 3.35. The lowest BCUT2D eigenvalue weighted by Crippen LogP contribution is -2.26. The van der Waals surface area contributed by atoms with Crippen molar-refractivity contribution < 1.29 is 9.47 Å². The summed E-state index contributed by atoms with van der Waals surface area (Å²) < 4.78 is 10.9. The first kappa shape index (κ1) is 7.86. The summed E-state index contributed by atoms with van der Waals surface area (Å²) in [5.41, 5.74) is 8.26. The van der Waals surface area contributed by atoms with Crippen LogP contribution in [0.5, 0.6) is 0 Å². The molecule has 2 heterocycles. The molecule has 2 aliphatic rings. The first-order chi connectivity index (χ1) is 5.83. The van der Waals surface area contributed by atoms with Gasteiger partial charge in [0.2, 0.25) is 0 Å². The molecule has 0 N–H and O–H groups in total. The van der Waals surface area contributed by atoms with Gasteiger partial charge in [0.1, 0.15) is 0 Å². The van der Waals surface area contributed by atoms with Crippen molar-refractivity contribution in [2.24, 2.45) is 11.0 Å². The van der Waals surface area contributed by atoms with Crippen LogP contribution in [0.4, 0.5) is 0 Å². The fraction of sp³-hybridized carbons (Fsp3) is 1.00. The molecule has 5 nitrogen and oxygen atoms in total. The standard InChI is InChI=1S/C7H11N3O2/c1-4-2-11-7-5(9-10-8)3-12-6(4)7/h4-7H,2-3H2,1H3/t4-,5?,6-,7-/m1/s1. The molecule has 2 aliphatic heterocycles. The summed E-state index contributed by atoms with van der Waals surface area (Å²) in [7, 11) is 0. The Morgan fingerprint density at radius 3 is 2.83 bits per heavy atom. The fourth-order valence-electron chi connectivity index (χ4n) is 1.84. The third kappa shape index (κ3) is 1.06. The number of fused-ring (bicyclic) bond motifs is 1. The van der Waals surface area contributed by atoms with Gasteiger partial charge in [0.15, 0.2) is 0 Å². The van der Waals surface area contributed by atoms with Crippen LogP contribution in [-0.2, 0) is 9.47 Å². The number of hydrogen-bond acceptors (Lipinski definition) is 3. The van der Waals surface area contributed by atoms with Gasteiger partial charge in [-0.15, -0.1) is 0 Å². The van der Waals surface area contributed by atoms with Crippen LogP contribution in [0.25, 0.3) is 10.4 Å². The van der Waals surface area contributed by atoms with E-state index >= 15 is 0 Å². The molecule has 0 aliphatic carbocycles. The molecular weight excluding hydrogens is 158 g/mol. The molecule has 66 valence electrons. The minimum Gasteiger partial charge on any atom is -0.375 e. The minimum absolute atomic E-state index is 0.00380. The SMILES string of the molecule is C[C@@H]1CO[C@@H]2C(N=[N+]=[N-])CO[C@H]12. The lowest BCUT2D eigenvalue weighted by molar-refractivity contribution is 0.0650. The van der Waals surface area contributed by atoms with E-state index in [2.05, 4.69) is 16.9 Å². The van der Waals surface area contributed by atoms with Crippen LogP contribution in [0.3, 0.4) is 0 Å². The van der Waals surface area contributed by atoms with E-state index in [1.165, 1.54) is 0 Å². The van der Waals surface area contributed by atoms with Crippen LogP contribution < -0.4 is 0 Å². The van der Waals surface area contributed by atoms with Gasteiger partial charge in [-0.3, -0.25) is 0 Å². The van der Waals surface area contributed by atoms with Gasteiger partial charge in [0.05, 0.1) is 31.5 Å². The number of rotatable bonds is 1. The molecule has 0 bridgehead atoms. The van der Waals surface area contributed by atoms with E-state index in [1.54, 1.807) is 0 Å². The summed E-state index contributed by atoms with van der Waals surface area (Å²) >= 11 is 0. The smallest absolute Gasteiger partial charge is 0.0947 e. The van der Waals surface area contributed by atoms with E-state index in [9.17, 15) is 0 Å². The Morgan fingerprint density at radius 1 is 1.33 bits per heavy atom. The van der Waals surface area contributed by atoms with Gasteiger partial charge in [-0.25, -0.2) is 0 Å². The molecule has 0 amide bonds. The second kappa shape index (κ2) is 2.94. The van der Waals surface area contributed by atoms with Crippen molar-refractivity contribution in [3.05, 3.63) is 10.4 Å². The van der Waals surface area contributed by atoms with Gasteiger partial charge in [0.25, 0.3) is 0 Å². The Kier molecular flexibility index (Phi) is 1.92. The molecule has 2 rings (SSSR count). The topological polar surface area (TPSA) is 67.2 Å². The van der Waals surface area contributed by atoms with Gasteiger partial charge in [-0.2, -0.15) is 0 Å². The highest BCUT2D eigenvalue weighted by Crippen LogP contribution is 2.32. The second-order valence-corrected chi connectivity index (χ2v) is 3.35. The number of hydrogen-bond donors (Lipinski definition) is 0. The Labute approximate surface area is 70.3 Å². The van der Waals surface area contributed by atoms with E-state index in [1.807, 2.05) is 0 Å². The van der Waals surface area contributed by atoms with E-state index in [0.29, 0.717) is 19.1 Å². The maximum Gasteiger partial charge on any atom is 0.0947 e. The zero-order valence-corrected chi connectivity index (χ0v) is 6.88. The van der Waals surface area contributed by atoms with Crippen molar-refractivity contribution in [1.29, 1.82) is 0 Å². The average molecular weight is 169 g/mol. The first-order valence-corrected chi connectivity index (χ1v) is 4.10. The average Bonchev–Trinajstić information content (AvgIpc) is 2.58. The molecule has 4 atom stereocenters. The minimum atomic E-state index is -0.120. The maximum absolute atomic E-state index is 8.26. The van der Waals surface area contributed by atoms with E-state index < -0.39 is 0 Å². The molecule has 0 aromatic rings. The summed E-state index contributed by atoms with van der Waals surface area (Å²) in [6.07, 6.45) is 0.136. The summed E-state index contributed by atoms with van der Waals surface area (Å²) in [4.78, 5) is 2.77. The molecule has 1 unspecified atom stereocenters. The van der Waals surface area contributed by atoms with Crippen LogP contribution >= 0.6 is 0 Å². The summed E-state index contributed by atoms with van der Waals surface area (Å²) in [6, 6.07) is -0.120. The van der Waals surface area contributed by atoms with Crippen LogP contribution in [0.2, 0.25) is 0 Å². The highest BCUT2D eigenvalue weighted by atomic mass is 16.6. The molecule has 0 aromatic carbocycles. The Hall–Kier alpha value is -0.770. The maximum atomic E-state index is 8.26. The quantitative estimate of drug-likeness (QED) is 0.335. The van der Waals surface area contributed by atoms with Gasteiger partial charge >= 0.3 is 0 Å². The normalized spacial score (nSPS) is 45.4. The third-order valence-electron chi connectivity index (χ3n) is 2.47. The van der Waals surface area contributed by atoms with E-state index in [0.717, 1.165) is 0 Å². The molecule has 0 saturated carbocycles. The van der Waals surface area contributed by atoms with Crippen LogP contribution in [0, 0.1) is 5.92 Å². The Balaban J connectivity index is 2.10. The highest BCUT2D eigenvalue weighted by molar-refractivity contribution is 4.96. The molecule has 0 spiro atoms. The van der Waals surface area contributed by atoms with Crippen molar-refractivity contribution in [2.75, 3.05) is 13.2 Å². The van der Waals surface area contributed by atoms with Crippen molar-refractivity contribution >= 4 is 0 Å². The molecule has 2 saturated heterocycles. The third-order valence-corrected chi connectivity index (χ3v) is 2.47. The molecule has 2 fully saturated rings. The Bertz CT molecular complexity index is 227. The van der Waals surface area contributed by atoms with Crippen molar-refractivity contribution in [2.45, 2.75) is 25.2 Å². The van der Waals surface area contributed by atoms with Crippen LogP contribution in [-0.4, -0.2) is 31.5 Å². The first-order valence-electron chi connectivity index (χ1n) is 4.10. The number of ether oxygens (including phenoxy) is 2.